The molecule has 1 saturated carbocycles. The van der Waals surface area contributed by atoms with Crippen LogP contribution in [0.4, 0.5) is 0 Å². The number of fused-ring (bicyclic) bond motifs is 2. The topological polar surface area (TPSA) is 54.5 Å². The lowest BCUT2D eigenvalue weighted by Gasteiger charge is -2.44. The normalized spacial score (nSPS) is 21.8. The van der Waals surface area contributed by atoms with Gasteiger partial charge in [0.1, 0.15) is 0 Å². The van der Waals surface area contributed by atoms with Gasteiger partial charge in [-0.25, -0.2) is 0 Å². The number of ether oxygens (including phenoxy) is 1. The van der Waals surface area contributed by atoms with Crippen LogP contribution in [0.3, 0.4) is 0 Å². The quantitative estimate of drug-likeness (QED) is 0.882. The summed E-state index contributed by atoms with van der Waals surface area (Å²) in [5.41, 5.74) is 2.39. The van der Waals surface area contributed by atoms with Crippen molar-refractivity contribution in [3.8, 4) is 0 Å². The molecule has 6 heteroatoms. The molecule has 1 aliphatic carbocycles. The van der Waals surface area contributed by atoms with Crippen LogP contribution in [0.5, 0.6) is 0 Å². The standard InChI is InChI=1S/C21H25N3O2S/c25-20(23-16-1-2-16)19-13-17-18(27-19)5-12-26-21(17)6-10-24(11-7-21)14-15-3-8-22-9-4-15/h3-4,8-9,13,16H,1-2,5-7,10-12,14H2,(H,23,25). The minimum absolute atomic E-state index is 0.0992. The van der Waals surface area contributed by atoms with E-state index in [1.54, 1.807) is 11.3 Å². The molecule has 0 bridgehead atoms. The Kier molecular flexibility index (Phi) is 4.50. The Morgan fingerprint density at radius 2 is 2.07 bits per heavy atom. The molecular formula is C21H25N3O2S. The molecule has 3 aliphatic rings. The van der Waals surface area contributed by atoms with E-state index in [0.717, 1.165) is 63.2 Å². The number of carbonyl (C=O) groups is 1. The molecule has 2 aromatic rings. The summed E-state index contributed by atoms with van der Waals surface area (Å²) < 4.78 is 6.36. The zero-order chi connectivity index (χ0) is 18.3. The first kappa shape index (κ1) is 17.3. The molecule has 0 radical (unpaired) electrons. The van der Waals surface area contributed by atoms with Gasteiger partial charge in [0.2, 0.25) is 0 Å². The first-order valence-corrected chi connectivity index (χ1v) is 10.7. The number of pyridine rings is 1. The van der Waals surface area contributed by atoms with E-state index in [0.29, 0.717) is 6.04 Å². The van der Waals surface area contributed by atoms with Crippen LogP contribution < -0.4 is 5.32 Å². The summed E-state index contributed by atoms with van der Waals surface area (Å²) in [5, 5.41) is 3.12. The first-order chi connectivity index (χ1) is 13.2. The second-order valence-corrected chi connectivity index (χ2v) is 9.06. The maximum absolute atomic E-state index is 12.5. The van der Waals surface area contributed by atoms with Crippen LogP contribution in [0.25, 0.3) is 0 Å². The summed E-state index contributed by atoms with van der Waals surface area (Å²) in [7, 11) is 0. The van der Waals surface area contributed by atoms with Crippen LogP contribution in [0.15, 0.2) is 30.6 Å². The average molecular weight is 384 g/mol. The lowest BCUT2D eigenvalue weighted by Crippen LogP contribution is -2.45. The summed E-state index contributed by atoms with van der Waals surface area (Å²) in [6.45, 7) is 3.76. The Morgan fingerprint density at radius 3 is 2.81 bits per heavy atom. The lowest BCUT2D eigenvalue weighted by atomic mass is 9.82. The number of aromatic nitrogens is 1. The molecule has 27 heavy (non-hydrogen) atoms. The monoisotopic (exact) mass is 383 g/mol. The molecule has 1 amide bonds. The van der Waals surface area contributed by atoms with Crippen molar-refractivity contribution < 1.29 is 9.53 Å². The van der Waals surface area contributed by atoms with Crippen molar-refractivity contribution in [1.82, 2.24) is 15.2 Å². The summed E-state index contributed by atoms with van der Waals surface area (Å²) in [6, 6.07) is 6.69. The van der Waals surface area contributed by atoms with E-state index in [2.05, 4.69) is 33.4 Å². The van der Waals surface area contributed by atoms with E-state index >= 15 is 0 Å². The molecule has 5 rings (SSSR count). The van der Waals surface area contributed by atoms with E-state index in [9.17, 15) is 4.79 Å². The molecule has 5 nitrogen and oxygen atoms in total. The Hall–Kier alpha value is -1.76. The summed E-state index contributed by atoms with van der Waals surface area (Å²) in [5.74, 6) is 0.0992. The minimum atomic E-state index is -0.197. The number of hydrogen-bond acceptors (Lipinski definition) is 5. The summed E-state index contributed by atoms with van der Waals surface area (Å²) in [6.07, 6.45) is 8.87. The Balaban J connectivity index is 1.30. The largest absolute Gasteiger partial charge is 0.370 e. The fraction of sp³-hybridized carbons (Fsp3) is 0.524. The number of rotatable bonds is 4. The molecule has 0 unspecified atom stereocenters. The second-order valence-electron chi connectivity index (χ2n) is 7.92. The number of amides is 1. The Bertz CT molecular complexity index is 823. The van der Waals surface area contributed by atoms with Gasteiger partial charge in [-0.15, -0.1) is 11.3 Å². The number of thiophene rings is 1. The van der Waals surface area contributed by atoms with Crippen LogP contribution in [0.1, 0.15) is 51.4 Å². The van der Waals surface area contributed by atoms with E-state index in [-0.39, 0.29) is 11.5 Å². The number of carbonyl (C=O) groups excluding carboxylic acids is 1. The van der Waals surface area contributed by atoms with Crippen molar-refractivity contribution in [2.45, 2.75) is 50.3 Å². The van der Waals surface area contributed by atoms with Crippen molar-refractivity contribution in [3.63, 3.8) is 0 Å². The number of piperidine rings is 1. The zero-order valence-corrected chi connectivity index (χ0v) is 16.3. The predicted molar refractivity (Wildman–Crippen MR) is 105 cm³/mol. The van der Waals surface area contributed by atoms with Crippen LogP contribution in [-0.4, -0.2) is 41.5 Å². The molecule has 2 aliphatic heterocycles. The van der Waals surface area contributed by atoms with Gasteiger partial charge in [-0.1, -0.05) is 0 Å². The predicted octanol–water partition coefficient (Wildman–Crippen LogP) is 3.10. The van der Waals surface area contributed by atoms with Crippen molar-refractivity contribution in [2.24, 2.45) is 0 Å². The van der Waals surface area contributed by atoms with Gasteiger partial charge in [-0.2, -0.15) is 0 Å². The minimum Gasteiger partial charge on any atom is -0.370 e. The Morgan fingerprint density at radius 1 is 1.30 bits per heavy atom. The molecule has 2 aromatic heterocycles. The highest BCUT2D eigenvalue weighted by molar-refractivity contribution is 7.14. The second kappa shape index (κ2) is 7.00. The zero-order valence-electron chi connectivity index (χ0n) is 15.4. The molecule has 0 atom stereocenters. The molecular weight excluding hydrogens is 358 g/mol. The van der Waals surface area contributed by atoms with Crippen molar-refractivity contribution in [2.75, 3.05) is 19.7 Å². The highest BCUT2D eigenvalue weighted by atomic mass is 32.1. The van der Waals surface area contributed by atoms with E-state index in [4.69, 9.17) is 4.74 Å². The molecule has 142 valence electrons. The maximum atomic E-state index is 12.5. The van der Waals surface area contributed by atoms with Crippen LogP contribution >= 0.6 is 11.3 Å². The Labute approximate surface area is 163 Å². The average Bonchev–Trinajstić information content (AvgIpc) is 3.39. The third-order valence-corrected chi connectivity index (χ3v) is 7.16. The smallest absolute Gasteiger partial charge is 0.261 e. The summed E-state index contributed by atoms with van der Waals surface area (Å²) >= 11 is 1.67. The lowest BCUT2D eigenvalue weighted by molar-refractivity contribution is -0.0980. The third kappa shape index (κ3) is 3.53. The van der Waals surface area contributed by atoms with Crippen molar-refractivity contribution >= 4 is 17.2 Å². The van der Waals surface area contributed by atoms with E-state index < -0.39 is 0 Å². The molecule has 1 spiro atoms. The van der Waals surface area contributed by atoms with Crippen molar-refractivity contribution in [1.29, 1.82) is 0 Å². The third-order valence-electron chi connectivity index (χ3n) is 5.96. The van der Waals surface area contributed by atoms with E-state index in [1.807, 2.05) is 12.4 Å². The van der Waals surface area contributed by atoms with Gasteiger partial charge in [0.05, 0.1) is 17.1 Å². The summed E-state index contributed by atoms with van der Waals surface area (Å²) in [4.78, 5) is 21.3. The highest BCUT2D eigenvalue weighted by Gasteiger charge is 2.42. The molecule has 1 N–H and O–H groups in total. The first-order valence-electron chi connectivity index (χ1n) is 9.91. The van der Waals surface area contributed by atoms with Crippen LogP contribution in [0, 0.1) is 0 Å². The van der Waals surface area contributed by atoms with Crippen LogP contribution in [-0.2, 0) is 23.3 Å². The fourth-order valence-corrected chi connectivity index (χ4v) is 5.38. The number of hydrogen-bond donors (Lipinski definition) is 1. The highest BCUT2D eigenvalue weighted by Crippen LogP contribution is 2.44. The van der Waals surface area contributed by atoms with Crippen LogP contribution in [0.2, 0.25) is 0 Å². The number of likely N-dealkylation sites (tertiary alicyclic amines) is 1. The fourth-order valence-electron chi connectivity index (χ4n) is 4.25. The maximum Gasteiger partial charge on any atom is 0.261 e. The molecule has 0 aromatic carbocycles. The number of nitrogens with zero attached hydrogens (tertiary/aromatic N) is 2. The molecule has 4 heterocycles. The van der Waals surface area contributed by atoms with Crippen molar-refractivity contribution in [3.05, 3.63) is 51.5 Å². The SMILES string of the molecule is O=C(NC1CC1)c1cc2c(s1)CCOC21CCN(Cc2ccncc2)CC1. The van der Waals surface area contributed by atoms with Gasteiger partial charge in [0.25, 0.3) is 5.91 Å². The van der Waals surface area contributed by atoms with Gasteiger partial charge in [-0.05, 0) is 55.0 Å². The molecule has 2 fully saturated rings. The molecule has 1 saturated heterocycles. The van der Waals surface area contributed by atoms with Gasteiger partial charge >= 0.3 is 0 Å². The van der Waals surface area contributed by atoms with Gasteiger partial charge < -0.3 is 10.1 Å². The van der Waals surface area contributed by atoms with Gasteiger partial charge in [0.15, 0.2) is 0 Å². The number of nitrogens with one attached hydrogen (secondary N) is 1. The van der Waals surface area contributed by atoms with Gasteiger partial charge in [-0.3, -0.25) is 14.7 Å². The van der Waals surface area contributed by atoms with E-state index in [1.165, 1.54) is 16.0 Å². The van der Waals surface area contributed by atoms with Gasteiger partial charge in [0, 0.05) is 49.4 Å².